The molecule has 0 fully saturated rings. The van der Waals surface area contributed by atoms with Crippen LogP contribution in [-0.4, -0.2) is 24.3 Å². The summed E-state index contributed by atoms with van der Waals surface area (Å²) in [5, 5.41) is 11.3. The van der Waals surface area contributed by atoms with Crippen molar-refractivity contribution < 1.29 is 4.39 Å². The molecule has 0 atom stereocenters. The number of nitrogens with zero attached hydrogens (tertiary/aromatic N) is 3. The molecule has 2 aromatic rings. The molecule has 0 radical (unpaired) electrons. The molecule has 4 nitrogen and oxygen atoms in total. The van der Waals surface area contributed by atoms with Crippen LogP contribution >= 0.6 is 0 Å². The van der Waals surface area contributed by atoms with Gasteiger partial charge in [-0.3, -0.25) is 0 Å². The Labute approximate surface area is 112 Å². The lowest BCUT2D eigenvalue weighted by molar-refractivity contribution is 0.607. The van der Waals surface area contributed by atoms with Crippen molar-refractivity contribution in [3.8, 4) is 0 Å². The van der Waals surface area contributed by atoms with Crippen molar-refractivity contribution in [1.29, 1.82) is 0 Å². The van der Waals surface area contributed by atoms with Crippen LogP contribution in [0.1, 0.15) is 11.3 Å². The van der Waals surface area contributed by atoms with Crippen molar-refractivity contribution in [1.82, 2.24) is 15.5 Å². The third kappa shape index (κ3) is 3.48. The third-order valence-electron chi connectivity index (χ3n) is 2.82. The quantitative estimate of drug-likeness (QED) is 0.892. The first kappa shape index (κ1) is 13.4. The molecular formula is C14H17FN4. The van der Waals surface area contributed by atoms with Crippen LogP contribution in [0.15, 0.2) is 36.4 Å². The monoisotopic (exact) mass is 260 g/mol. The Balaban J connectivity index is 2.07. The fourth-order valence-corrected chi connectivity index (χ4v) is 1.79. The van der Waals surface area contributed by atoms with E-state index in [1.807, 2.05) is 37.2 Å². The second-order valence-corrected chi connectivity index (χ2v) is 4.36. The SMILES string of the molecule is CNCc1ccc(N(C)Cc2ccccc2F)nn1. The first-order chi connectivity index (χ1) is 9.20. The number of rotatable bonds is 5. The lowest BCUT2D eigenvalue weighted by Crippen LogP contribution is -2.19. The zero-order chi connectivity index (χ0) is 13.7. The maximum atomic E-state index is 13.6. The number of halogens is 1. The van der Waals surface area contributed by atoms with E-state index in [2.05, 4.69) is 15.5 Å². The predicted octanol–water partition coefficient (Wildman–Crippen LogP) is 1.97. The first-order valence-electron chi connectivity index (χ1n) is 6.12. The van der Waals surface area contributed by atoms with E-state index in [0.717, 1.165) is 11.5 Å². The summed E-state index contributed by atoms with van der Waals surface area (Å²) in [4.78, 5) is 1.87. The van der Waals surface area contributed by atoms with Crippen LogP contribution in [0.2, 0.25) is 0 Å². The van der Waals surface area contributed by atoms with Crippen LogP contribution in [0.4, 0.5) is 10.2 Å². The molecule has 19 heavy (non-hydrogen) atoms. The number of hydrogen-bond donors (Lipinski definition) is 1. The lowest BCUT2D eigenvalue weighted by Gasteiger charge is -2.18. The fraction of sp³-hybridized carbons (Fsp3) is 0.286. The molecule has 0 bridgehead atoms. The molecule has 1 aromatic heterocycles. The molecule has 1 aromatic carbocycles. The van der Waals surface area contributed by atoms with Gasteiger partial charge in [0.25, 0.3) is 0 Å². The summed E-state index contributed by atoms with van der Waals surface area (Å²) >= 11 is 0. The number of hydrogen-bond acceptors (Lipinski definition) is 4. The Morgan fingerprint density at radius 1 is 1.16 bits per heavy atom. The van der Waals surface area contributed by atoms with Gasteiger partial charge in [0.1, 0.15) is 5.82 Å². The summed E-state index contributed by atoms with van der Waals surface area (Å²) in [6.07, 6.45) is 0. The van der Waals surface area contributed by atoms with Crippen LogP contribution in [0.5, 0.6) is 0 Å². The van der Waals surface area contributed by atoms with Gasteiger partial charge in [0.2, 0.25) is 0 Å². The van der Waals surface area contributed by atoms with Crippen molar-refractivity contribution in [3.63, 3.8) is 0 Å². The standard InChI is InChI=1S/C14H17FN4/c1-16-9-12-7-8-14(18-17-12)19(2)10-11-5-3-4-6-13(11)15/h3-8,16H,9-10H2,1-2H3. The number of anilines is 1. The minimum atomic E-state index is -0.200. The zero-order valence-corrected chi connectivity index (χ0v) is 11.1. The highest BCUT2D eigenvalue weighted by Crippen LogP contribution is 2.14. The average molecular weight is 260 g/mol. The molecule has 0 unspecified atom stereocenters. The van der Waals surface area contributed by atoms with Gasteiger partial charge in [-0.1, -0.05) is 18.2 Å². The molecular weight excluding hydrogens is 243 g/mol. The molecule has 0 saturated carbocycles. The van der Waals surface area contributed by atoms with E-state index in [1.54, 1.807) is 12.1 Å². The summed E-state index contributed by atoms with van der Waals surface area (Å²) in [6.45, 7) is 1.15. The summed E-state index contributed by atoms with van der Waals surface area (Å²) < 4.78 is 13.6. The first-order valence-corrected chi connectivity index (χ1v) is 6.12. The Bertz CT molecular complexity index is 527. The topological polar surface area (TPSA) is 41.0 Å². The molecule has 2 rings (SSSR count). The van der Waals surface area contributed by atoms with Crippen LogP contribution in [0.25, 0.3) is 0 Å². The Kier molecular flexibility index (Phi) is 4.41. The molecule has 100 valence electrons. The molecule has 0 aliphatic heterocycles. The van der Waals surface area contributed by atoms with Gasteiger partial charge >= 0.3 is 0 Å². The second-order valence-electron chi connectivity index (χ2n) is 4.36. The Hall–Kier alpha value is -2.01. The van der Waals surface area contributed by atoms with Crippen molar-refractivity contribution in [3.05, 3.63) is 53.5 Å². The van der Waals surface area contributed by atoms with E-state index >= 15 is 0 Å². The highest BCUT2D eigenvalue weighted by atomic mass is 19.1. The van der Waals surface area contributed by atoms with Crippen LogP contribution in [-0.2, 0) is 13.1 Å². The van der Waals surface area contributed by atoms with E-state index in [0.29, 0.717) is 18.7 Å². The molecule has 0 saturated heterocycles. The minimum Gasteiger partial charge on any atom is -0.354 e. The van der Waals surface area contributed by atoms with Gasteiger partial charge in [-0.25, -0.2) is 4.39 Å². The lowest BCUT2D eigenvalue weighted by atomic mass is 10.2. The summed E-state index contributed by atoms with van der Waals surface area (Å²) in [5.41, 5.74) is 1.52. The van der Waals surface area contributed by atoms with Crippen LogP contribution in [0, 0.1) is 5.82 Å². The van der Waals surface area contributed by atoms with Gasteiger partial charge in [0.15, 0.2) is 5.82 Å². The minimum absolute atomic E-state index is 0.200. The molecule has 0 amide bonds. The predicted molar refractivity (Wildman–Crippen MR) is 73.3 cm³/mol. The van der Waals surface area contributed by atoms with E-state index in [9.17, 15) is 4.39 Å². The summed E-state index contributed by atoms with van der Waals surface area (Å²) in [6, 6.07) is 10.6. The maximum absolute atomic E-state index is 13.6. The van der Waals surface area contributed by atoms with Gasteiger partial charge in [0, 0.05) is 25.7 Å². The van der Waals surface area contributed by atoms with Crippen molar-refractivity contribution in [2.45, 2.75) is 13.1 Å². The van der Waals surface area contributed by atoms with E-state index in [1.165, 1.54) is 6.07 Å². The maximum Gasteiger partial charge on any atom is 0.151 e. The van der Waals surface area contributed by atoms with E-state index < -0.39 is 0 Å². The fourth-order valence-electron chi connectivity index (χ4n) is 1.79. The molecule has 0 aliphatic carbocycles. The summed E-state index contributed by atoms with van der Waals surface area (Å²) in [7, 11) is 3.73. The average Bonchev–Trinajstić information content (AvgIpc) is 2.42. The largest absolute Gasteiger partial charge is 0.354 e. The van der Waals surface area contributed by atoms with Gasteiger partial charge in [0.05, 0.1) is 5.69 Å². The van der Waals surface area contributed by atoms with E-state index in [-0.39, 0.29) is 5.82 Å². The number of nitrogens with one attached hydrogen (secondary N) is 1. The molecule has 0 aliphatic rings. The Morgan fingerprint density at radius 2 is 1.95 bits per heavy atom. The molecule has 0 spiro atoms. The smallest absolute Gasteiger partial charge is 0.151 e. The van der Waals surface area contributed by atoms with Gasteiger partial charge in [-0.05, 0) is 25.2 Å². The highest BCUT2D eigenvalue weighted by Gasteiger charge is 2.07. The highest BCUT2D eigenvalue weighted by molar-refractivity contribution is 5.37. The van der Waals surface area contributed by atoms with E-state index in [4.69, 9.17) is 0 Å². The van der Waals surface area contributed by atoms with Crippen molar-refractivity contribution in [2.24, 2.45) is 0 Å². The third-order valence-corrected chi connectivity index (χ3v) is 2.82. The van der Waals surface area contributed by atoms with Gasteiger partial charge < -0.3 is 10.2 Å². The molecule has 1 heterocycles. The normalized spacial score (nSPS) is 10.5. The van der Waals surface area contributed by atoms with Crippen LogP contribution < -0.4 is 10.2 Å². The van der Waals surface area contributed by atoms with Gasteiger partial charge in [-0.15, -0.1) is 5.10 Å². The van der Waals surface area contributed by atoms with Crippen molar-refractivity contribution in [2.75, 3.05) is 19.0 Å². The Morgan fingerprint density at radius 3 is 2.58 bits per heavy atom. The van der Waals surface area contributed by atoms with Crippen LogP contribution in [0.3, 0.4) is 0 Å². The zero-order valence-electron chi connectivity index (χ0n) is 11.1. The summed E-state index contributed by atoms with van der Waals surface area (Å²) in [5.74, 6) is 0.525. The molecule has 1 N–H and O–H groups in total. The van der Waals surface area contributed by atoms with Crippen molar-refractivity contribution >= 4 is 5.82 Å². The molecule has 5 heteroatoms. The number of benzene rings is 1. The van der Waals surface area contributed by atoms with Gasteiger partial charge in [-0.2, -0.15) is 5.10 Å². The number of aromatic nitrogens is 2. The second kappa shape index (κ2) is 6.24.